The highest BCUT2D eigenvalue weighted by atomic mass is 79.9. The number of ether oxygens (including phenoxy) is 4. The van der Waals surface area contributed by atoms with Crippen LogP contribution in [0.4, 0.5) is 0 Å². The van der Waals surface area contributed by atoms with Gasteiger partial charge in [0.25, 0.3) is 0 Å². The van der Waals surface area contributed by atoms with E-state index in [0.29, 0.717) is 28.3 Å². The zero-order chi connectivity index (χ0) is 20.6. The van der Waals surface area contributed by atoms with E-state index in [1.54, 1.807) is 28.4 Å². The van der Waals surface area contributed by atoms with Gasteiger partial charge >= 0.3 is 0 Å². The molecule has 1 aliphatic carbocycles. The number of methoxy groups -OCH3 is 4. The van der Waals surface area contributed by atoms with Crippen LogP contribution in [-0.4, -0.2) is 37.6 Å². The summed E-state index contributed by atoms with van der Waals surface area (Å²) in [5.41, 5.74) is 3.76. The molecule has 2 aromatic rings. The largest absolute Gasteiger partial charge is 0.493 e. The van der Waals surface area contributed by atoms with Gasteiger partial charge in [-0.05, 0) is 46.5 Å². The van der Waals surface area contributed by atoms with Gasteiger partial charge in [-0.3, -0.25) is 0 Å². The minimum atomic E-state index is -1.58. The molecule has 152 valence electrons. The van der Waals surface area contributed by atoms with Crippen LogP contribution in [0.2, 0.25) is 0 Å². The number of rotatable bonds is 5. The highest BCUT2D eigenvalue weighted by molar-refractivity contribution is 9.09. The van der Waals surface area contributed by atoms with Crippen molar-refractivity contribution in [3.63, 3.8) is 0 Å². The molecule has 4 nitrogen and oxygen atoms in total. The van der Waals surface area contributed by atoms with Crippen LogP contribution in [0.25, 0.3) is 0 Å². The van der Waals surface area contributed by atoms with Crippen molar-refractivity contribution in [2.45, 2.75) is 15.6 Å². The third-order valence-corrected chi connectivity index (χ3v) is 6.34. The first-order valence-electron chi connectivity index (χ1n) is 8.44. The van der Waals surface area contributed by atoms with Crippen molar-refractivity contribution >= 4 is 50.7 Å². The number of benzene rings is 2. The molecule has 0 spiro atoms. The maximum Gasteiger partial charge on any atom is 0.201 e. The summed E-state index contributed by atoms with van der Waals surface area (Å²) in [6.07, 6.45) is 0. The monoisotopic (exact) mass is 508 g/mol. The molecule has 0 radical (unpaired) electrons. The molecule has 0 amide bonds. The number of hydrogen-bond donors (Lipinski definition) is 0. The Morgan fingerprint density at radius 2 is 1.04 bits per heavy atom. The second-order valence-corrected chi connectivity index (χ2v) is 9.37. The Morgan fingerprint density at radius 3 is 1.29 bits per heavy atom. The van der Waals surface area contributed by atoms with Crippen LogP contribution in [0, 0.1) is 0 Å². The van der Waals surface area contributed by atoms with E-state index in [2.05, 4.69) is 15.9 Å². The molecule has 0 unspecified atom stereocenters. The van der Waals surface area contributed by atoms with Crippen LogP contribution < -0.4 is 18.9 Å². The molecule has 8 heteroatoms. The van der Waals surface area contributed by atoms with E-state index in [0.717, 1.165) is 22.3 Å². The van der Waals surface area contributed by atoms with Crippen molar-refractivity contribution in [1.82, 2.24) is 0 Å². The maximum atomic E-state index is 6.47. The smallest absolute Gasteiger partial charge is 0.201 e. The summed E-state index contributed by atoms with van der Waals surface area (Å²) in [5.74, 6) is 1.90. The van der Waals surface area contributed by atoms with Gasteiger partial charge in [0.1, 0.15) is 0 Å². The fraction of sp³-hybridized carbons (Fsp3) is 0.400. The van der Waals surface area contributed by atoms with Crippen LogP contribution in [0.1, 0.15) is 34.1 Å². The lowest BCUT2D eigenvalue weighted by atomic mass is 9.73. The summed E-state index contributed by atoms with van der Waals surface area (Å²) in [4.78, 5) is 0. The molecule has 3 rings (SSSR count). The average molecular weight is 511 g/mol. The minimum absolute atomic E-state index is 0.00760. The number of halogens is 4. The highest BCUT2D eigenvalue weighted by Gasteiger charge is 2.44. The predicted molar refractivity (Wildman–Crippen MR) is 117 cm³/mol. The molecule has 0 bridgehead atoms. The van der Waals surface area contributed by atoms with Gasteiger partial charge in [0.15, 0.2) is 23.0 Å². The molecule has 0 saturated heterocycles. The Bertz CT molecular complexity index is 819. The summed E-state index contributed by atoms with van der Waals surface area (Å²) in [6, 6.07) is 7.67. The molecule has 0 fully saturated rings. The highest BCUT2D eigenvalue weighted by Crippen LogP contribution is 2.56. The number of alkyl halides is 4. The van der Waals surface area contributed by atoms with Gasteiger partial charge in [-0.15, -0.1) is 0 Å². The van der Waals surface area contributed by atoms with Crippen LogP contribution in [0.5, 0.6) is 23.0 Å². The Kier molecular flexibility index (Phi) is 6.50. The Hall–Kier alpha value is -1.01. The van der Waals surface area contributed by atoms with Crippen LogP contribution in [0.3, 0.4) is 0 Å². The van der Waals surface area contributed by atoms with Gasteiger partial charge in [0.05, 0.1) is 34.4 Å². The van der Waals surface area contributed by atoms with E-state index in [-0.39, 0.29) is 5.92 Å². The summed E-state index contributed by atoms with van der Waals surface area (Å²) < 4.78 is 20.4. The Balaban J connectivity index is 2.37. The van der Waals surface area contributed by atoms with Gasteiger partial charge in [-0.25, -0.2) is 0 Å². The van der Waals surface area contributed by atoms with Crippen molar-refractivity contribution < 1.29 is 18.9 Å². The summed E-state index contributed by atoms with van der Waals surface area (Å²) in [7, 11) is 6.37. The normalized spacial score (nSPS) is 18.1. The van der Waals surface area contributed by atoms with E-state index < -0.39 is 9.71 Å². The van der Waals surface area contributed by atoms with Gasteiger partial charge in [0.2, 0.25) is 3.79 Å². The van der Waals surface area contributed by atoms with E-state index in [4.69, 9.17) is 53.8 Å². The van der Waals surface area contributed by atoms with Gasteiger partial charge in [0, 0.05) is 11.2 Å². The second-order valence-electron chi connectivity index (χ2n) is 6.35. The van der Waals surface area contributed by atoms with Crippen molar-refractivity contribution in [1.29, 1.82) is 0 Å². The van der Waals surface area contributed by atoms with E-state index in [9.17, 15) is 0 Å². The first kappa shape index (κ1) is 21.7. The molecule has 0 aliphatic heterocycles. The lowest BCUT2D eigenvalue weighted by Gasteiger charge is -2.37. The van der Waals surface area contributed by atoms with Crippen molar-refractivity contribution in [2.75, 3.05) is 33.8 Å². The Labute approximate surface area is 188 Å². The average Bonchev–Trinajstić information content (AvgIpc) is 2.68. The van der Waals surface area contributed by atoms with Gasteiger partial charge < -0.3 is 18.9 Å². The zero-order valence-corrected chi connectivity index (χ0v) is 19.7. The van der Waals surface area contributed by atoms with Gasteiger partial charge in [-0.2, -0.15) is 0 Å². The standard InChI is InChI=1S/C20H20BrCl3O4/c1-25-15-5-10-12(7-17(15)27-3)19(20(22,23)24)13-8-18(28-4)16(26-2)6-11(13)14(10)9-21/h5-8,14,19H,9H2,1-4H3. The summed E-state index contributed by atoms with van der Waals surface area (Å²) in [6.45, 7) is 0. The summed E-state index contributed by atoms with van der Waals surface area (Å²) >= 11 is 23.1. The van der Waals surface area contributed by atoms with Crippen LogP contribution in [-0.2, 0) is 0 Å². The fourth-order valence-electron chi connectivity index (χ4n) is 3.78. The SMILES string of the molecule is COc1cc2c(cc1OC)C(C(Cl)(Cl)Cl)c1cc(OC)c(OC)cc1C2CBr. The zero-order valence-electron chi connectivity index (χ0n) is 15.8. The van der Waals surface area contributed by atoms with E-state index >= 15 is 0 Å². The minimum Gasteiger partial charge on any atom is -0.493 e. The lowest BCUT2D eigenvalue weighted by molar-refractivity contribution is 0.352. The first-order chi connectivity index (χ1) is 13.3. The molecule has 0 atom stereocenters. The molecule has 1 aliphatic rings. The van der Waals surface area contributed by atoms with Gasteiger partial charge in [-0.1, -0.05) is 50.7 Å². The quantitative estimate of drug-likeness (QED) is 0.458. The maximum absolute atomic E-state index is 6.47. The van der Waals surface area contributed by atoms with E-state index in [1.165, 1.54) is 0 Å². The Morgan fingerprint density at radius 1 is 0.714 bits per heavy atom. The fourth-order valence-corrected chi connectivity index (χ4v) is 5.18. The van der Waals surface area contributed by atoms with Crippen LogP contribution in [0.15, 0.2) is 24.3 Å². The lowest BCUT2D eigenvalue weighted by Crippen LogP contribution is -2.28. The molecular weight excluding hydrogens is 490 g/mol. The molecule has 0 saturated carbocycles. The van der Waals surface area contributed by atoms with Crippen LogP contribution >= 0.6 is 50.7 Å². The van der Waals surface area contributed by atoms with E-state index in [1.807, 2.05) is 24.3 Å². The molecular formula is C20H20BrCl3O4. The number of fused-ring (bicyclic) bond motifs is 2. The number of hydrogen-bond acceptors (Lipinski definition) is 4. The van der Waals surface area contributed by atoms with Crippen molar-refractivity contribution in [2.24, 2.45) is 0 Å². The molecule has 0 heterocycles. The third-order valence-electron chi connectivity index (χ3n) is 5.03. The molecule has 28 heavy (non-hydrogen) atoms. The predicted octanol–water partition coefficient (Wildman–Crippen LogP) is 6.06. The topological polar surface area (TPSA) is 36.9 Å². The van der Waals surface area contributed by atoms with Crippen molar-refractivity contribution in [3.05, 3.63) is 46.5 Å². The molecule has 0 aromatic heterocycles. The first-order valence-corrected chi connectivity index (χ1v) is 10.7. The summed E-state index contributed by atoms with van der Waals surface area (Å²) in [5, 5.41) is 0.671. The third kappa shape index (κ3) is 3.62. The second kappa shape index (κ2) is 8.39. The molecule has 2 aromatic carbocycles. The molecule has 0 N–H and O–H groups in total. The van der Waals surface area contributed by atoms with Crippen molar-refractivity contribution in [3.8, 4) is 23.0 Å².